The predicted molar refractivity (Wildman–Crippen MR) is 112 cm³/mol. The van der Waals surface area contributed by atoms with Crippen molar-refractivity contribution in [3.05, 3.63) is 60.2 Å². The minimum atomic E-state index is -0.118. The van der Waals surface area contributed by atoms with Gasteiger partial charge in [0.1, 0.15) is 17.6 Å². The van der Waals surface area contributed by atoms with Crippen LogP contribution >= 0.6 is 0 Å². The number of nitrogens with one attached hydrogen (secondary N) is 1. The Morgan fingerprint density at radius 2 is 1.86 bits per heavy atom. The fourth-order valence-electron chi connectivity index (χ4n) is 3.43. The Bertz CT molecular complexity index is 1070. The third kappa shape index (κ3) is 3.92. The molecule has 1 aliphatic heterocycles. The van der Waals surface area contributed by atoms with Crippen LogP contribution in [-0.2, 0) is 0 Å². The van der Waals surface area contributed by atoms with Crippen molar-refractivity contribution < 1.29 is 9.53 Å². The molecule has 0 unspecified atom stereocenters. The molecule has 0 radical (unpaired) electrons. The Balaban J connectivity index is 1.49. The SMILES string of the molecule is COc1ccc2cc(C#N)c(N3CCN(C(=O)Nc4ccccc4)CC3)nc2c1. The van der Waals surface area contributed by atoms with Gasteiger partial charge in [-0.05, 0) is 30.3 Å². The van der Waals surface area contributed by atoms with Crippen LogP contribution in [0.15, 0.2) is 54.6 Å². The fraction of sp³-hybridized carbons (Fsp3) is 0.227. The third-order valence-electron chi connectivity index (χ3n) is 5.02. The number of nitrogens with zero attached hydrogens (tertiary/aromatic N) is 4. The molecule has 29 heavy (non-hydrogen) atoms. The van der Waals surface area contributed by atoms with Gasteiger partial charge in [0, 0.05) is 43.3 Å². The van der Waals surface area contributed by atoms with Gasteiger partial charge < -0.3 is 19.9 Å². The number of hydrogen-bond acceptors (Lipinski definition) is 5. The summed E-state index contributed by atoms with van der Waals surface area (Å²) in [7, 11) is 1.62. The molecule has 2 amide bonds. The van der Waals surface area contributed by atoms with Gasteiger partial charge in [0.15, 0.2) is 0 Å². The molecular formula is C22H21N5O2. The van der Waals surface area contributed by atoms with Crippen molar-refractivity contribution in [2.24, 2.45) is 0 Å². The van der Waals surface area contributed by atoms with E-state index in [2.05, 4.69) is 16.3 Å². The molecule has 0 atom stereocenters. The van der Waals surface area contributed by atoms with Crippen molar-refractivity contribution >= 4 is 28.4 Å². The van der Waals surface area contributed by atoms with E-state index in [9.17, 15) is 10.1 Å². The number of pyridine rings is 1. The first-order chi connectivity index (χ1) is 14.2. The first-order valence-electron chi connectivity index (χ1n) is 9.43. The smallest absolute Gasteiger partial charge is 0.321 e. The molecule has 2 heterocycles. The number of rotatable bonds is 3. The van der Waals surface area contributed by atoms with Gasteiger partial charge in [-0.1, -0.05) is 18.2 Å². The van der Waals surface area contributed by atoms with Gasteiger partial charge in [-0.3, -0.25) is 0 Å². The molecule has 2 aromatic carbocycles. The van der Waals surface area contributed by atoms with Crippen LogP contribution in [-0.4, -0.2) is 49.2 Å². The summed E-state index contributed by atoms with van der Waals surface area (Å²) in [5, 5.41) is 13.4. The van der Waals surface area contributed by atoms with E-state index in [0.717, 1.165) is 22.3 Å². The van der Waals surface area contributed by atoms with E-state index < -0.39 is 0 Å². The van der Waals surface area contributed by atoms with Crippen molar-refractivity contribution in [3.63, 3.8) is 0 Å². The molecule has 1 fully saturated rings. The first-order valence-corrected chi connectivity index (χ1v) is 9.43. The van der Waals surface area contributed by atoms with Crippen LogP contribution in [0.5, 0.6) is 5.75 Å². The summed E-state index contributed by atoms with van der Waals surface area (Å²) >= 11 is 0. The lowest BCUT2D eigenvalue weighted by Gasteiger charge is -2.35. The van der Waals surface area contributed by atoms with E-state index in [4.69, 9.17) is 9.72 Å². The summed E-state index contributed by atoms with van der Waals surface area (Å²) in [4.78, 5) is 21.1. The highest BCUT2D eigenvalue weighted by molar-refractivity contribution is 5.89. The number of para-hydroxylation sites is 1. The highest BCUT2D eigenvalue weighted by atomic mass is 16.5. The number of anilines is 2. The van der Waals surface area contributed by atoms with Crippen molar-refractivity contribution in [2.75, 3.05) is 43.5 Å². The molecule has 0 spiro atoms. The van der Waals surface area contributed by atoms with Crippen LogP contribution in [0.25, 0.3) is 10.9 Å². The summed E-state index contributed by atoms with van der Waals surface area (Å²) in [6.45, 7) is 2.33. The largest absolute Gasteiger partial charge is 0.497 e. The molecule has 1 saturated heterocycles. The maximum absolute atomic E-state index is 12.5. The Morgan fingerprint density at radius 3 is 2.55 bits per heavy atom. The summed E-state index contributed by atoms with van der Waals surface area (Å²) in [6, 6.07) is 19.0. The minimum absolute atomic E-state index is 0.118. The van der Waals surface area contributed by atoms with Crippen molar-refractivity contribution in [2.45, 2.75) is 0 Å². The monoisotopic (exact) mass is 387 g/mol. The molecule has 0 saturated carbocycles. The number of ether oxygens (including phenoxy) is 1. The zero-order valence-corrected chi connectivity index (χ0v) is 16.1. The second-order valence-electron chi connectivity index (χ2n) is 6.80. The lowest BCUT2D eigenvalue weighted by atomic mass is 10.1. The Morgan fingerprint density at radius 1 is 1.10 bits per heavy atom. The Labute approximate surface area is 169 Å². The summed E-state index contributed by atoms with van der Waals surface area (Å²) < 4.78 is 5.28. The normalized spacial score (nSPS) is 13.8. The van der Waals surface area contributed by atoms with Crippen molar-refractivity contribution in [1.29, 1.82) is 5.26 Å². The van der Waals surface area contributed by atoms with Gasteiger partial charge in [0.2, 0.25) is 0 Å². The average molecular weight is 387 g/mol. The van der Waals surface area contributed by atoms with Gasteiger partial charge in [0.05, 0.1) is 18.2 Å². The number of hydrogen-bond donors (Lipinski definition) is 1. The van der Waals surface area contributed by atoms with Crippen molar-refractivity contribution in [3.8, 4) is 11.8 Å². The zero-order chi connectivity index (χ0) is 20.2. The van der Waals surface area contributed by atoms with E-state index in [0.29, 0.717) is 37.6 Å². The molecule has 1 aromatic heterocycles. The van der Waals surface area contributed by atoms with Crippen molar-refractivity contribution in [1.82, 2.24) is 9.88 Å². The molecule has 7 nitrogen and oxygen atoms in total. The number of methoxy groups -OCH3 is 1. The van der Waals surface area contributed by atoms with E-state index in [-0.39, 0.29) is 6.03 Å². The summed E-state index contributed by atoms with van der Waals surface area (Å²) in [6.07, 6.45) is 0. The zero-order valence-electron chi connectivity index (χ0n) is 16.1. The first kappa shape index (κ1) is 18.6. The molecule has 0 aliphatic carbocycles. The predicted octanol–water partition coefficient (Wildman–Crippen LogP) is 3.47. The van der Waals surface area contributed by atoms with Gasteiger partial charge in [-0.15, -0.1) is 0 Å². The molecule has 1 N–H and O–H groups in total. The molecular weight excluding hydrogens is 366 g/mol. The number of carbonyl (C=O) groups excluding carboxylic acids is 1. The number of carbonyl (C=O) groups is 1. The molecule has 7 heteroatoms. The third-order valence-corrected chi connectivity index (χ3v) is 5.02. The number of amides is 2. The van der Waals surface area contributed by atoms with Gasteiger partial charge in [0.25, 0.3) is 0 Å². The lowest BCUT2D eigenvalue weighted by Crippen LogP contribution is -2.50. The van der Waals surface area contributed by atoms with Crippen LogP contribution in [0.3, 0.4) is 0 Å². The molecule has 3 aromatic rings. The number of piperazine rings is 1. The number of benzene rings is 2. The van der Waals surface area contributed by atoms with Gasteiger partial charge in [-0.2, -0.15) is 5.26 Å². The number of urea groups is 1. The maximum Gasteiger partial charge on any atom is 0.321 e. The van der Waals surface area contributed by atoms with Crippen LogP contribution < -0.4 is 15.0 Å². The fourth-order valence-corrected chi connectivity index (χ4v) is 3.43. The summed E-state index contributed by atoms with van der Waals surface area (Å²) in [5.74, 6) is 1.37. The van der Waals surface area contributed by atoms with Crippen LogP contribution in [0.4, 0.5) is 16.3 Å². The maximum atomic E-state index is 12.5. The van der Waals surface area contributed by atoms with Gasteiger partial charge in [-0.25, -0.2) is 9.78 Å². The highest BCUT2D eigenvalue weighted by Gasteiger charge is 2.24. The quantitative estimate of drug-likeness (QED) is 0.744. The second kappa shape index (κ2) is 8.07. The summed E-state index contributed by atoms with van der Waals surface area (Å²) in [5.41, 5.74) is 2.09. The lowest BCUT2D eigenvalue weighted by molar-refractivity contribution is 0.208. The Hall–Kier alpha value is -3.79. The molecule has 4 rings (SSSR count). The highest BCUT2D eigenvalue weighted by Crippen LogP contribution is 2.26. The molecule has 146 valence electrons. The number of nitriles is 1. The second-order valence-corrected chi connectivity index (χ2v) is 6.80. The van der Waals surface area contributed by atoms with Crippen LogP contribution in [0, 0.1) is 11.3 Å². The van der Waals surface area contributed by atoms with E-state index >= 15 is 0 Å². The Kier molecular flexibility index (Phi) is 5.16. The van der Waals surface area contributed by atoms with E-state index in [1.807, 2.05) is 54.6 Å². The van der Waals surface area contributed by atoms with Crippen LogP contribution in [0.2, 0.25) is 0 Å². The minimum Gasteiger partial charge on any atom is -0.497 e. The standard InChI is InChI=1S/C22H21N5O2/c1-29-19-8-7-16-13-17(15-23)21(25-20(16)14-19)26-9-11-27(12-10-26)22(28)24-18-5-3-2-4-6-18/h2-8,13-14H,9-12H2,1H3,(H,24,28). The van der Waals surface area contributed by atoms with E-state index in [1.54, 1.807) is 12.0 Å². The number of aromatic nitrogens is 1. The molecule has 1 aliphatic rings. The van der Waals surface area contributed by atoms with E-state index in [1.165, 1.54) is 0 Å². The van der Waals surface area contributed by atoms with Crippen LogP contribution in [0.1, 0.15) is 5.56 Å². The average Bonchev–Trinajstić information content (AvgIpc) is 2.78. The number of fused-ring (bicyclic) bond motifs is 1. The molecule has 0 bridgehead atoms. The topological polar surface area (TPSA) is 81.5 Å². The van der Waals surface area contributed by atoms with Gasteiger partial charge >= 0.3 is 6.03 Å².